The summed E-state index contributed by atoms with van der Waals surface area (Å²) in [4.78, 5) is 21.8. The van der Waals surface area contributed by atoms with Crippen molar-refractivity contribution in [2.45, 2.75) is 26.2 Å². The first-order valence-electron chi connectivity index (χ1n) is 10.6. The monoisotopic (exact) mass is 421 g/mol. The Morgan fingerprint density at radius 1 is 1.00 bits per heavy atom. The lowest BCUT2D eigenvalue weighted by molar-refractivity contribution is 0.0982. The van der Waals surface area contributed by atoms with E-state index in [2.05, 4.69) is 38.4 Å². The number of nitrogens with one attached hydrogen (secondary N) is 1. The van der Waals surface area contributed by atoms with Crippen LogP contribution in [0.2, 0.25) is 0 Å². The van der Waals surface area contributed by atoms with E-state index in [1.54, 1.807) is 12.3 Å². The lowest BCUT2D eigenvalue weighted by Gasteiger charge is -2.07. The normalized spacial score (nSPS) is 11.3. The van der Waals surface area contributed by atoms with Crippen LogP contribution in [-0.4, -0.2) is 25.9 Å². The van der Waals surface area contributed by atoms with Crippen LogP contribution in [0.3, 0.4) is 0 Å². The number of aromatic amines is 1. The number of hydrogen-bond acceptors (Lipinski definition) is 5. The number of H-pyrrole nitrogens is 1. The van der Waals surface area contributed by atoms with Gasteiger partial charge in [-0.2, -0.15) is 5.10 Å². The fourth-order valence-corrected chi connectivity index (χ4v) is 4.00. The average Bonchev–Trinajstić information content (AvgIpc) is 3.17. The number of rotatable bonds is 6. The number of hydrogen-bond donors (Lipinski definition) is 2. The molecule has 0 bridgehead atoms. The summed E-state index contributed by atoms with van der Waals surface area (Å²) >= 11 is 0. The van der Waals surface area contributed by atoms with E-state index < -0.39 is 0 Å². The number of fused-ring (bicyclic) bond motifs is 2. The van der Waals surface area contributed by atoms with Gasteiger partial charge in [-0.25, -0.2) is 0 Å². The molecule has 0 radical (unpaired) electrons. The molecule has 5 rings (SSSR count). The molecule has 5 aromatic rings. The third-order valence-electron chi connectivity index (χ3n) is 5.70. The van der Waals surface area contributed by atoms with E-state index in [1.807, 2.05) is 43.5 Å². The van der Waals surface area contributed by atoms with Gasteiger partial charge in [0, 0.05) is 47.3 Å². The minimum Gasteiger partial charge on any atom is -0.382 e. The van der Waals surface area contributed by atoms with Crippen molar-refractivity contribution in [3.05, 3.63) is 94.9 Å². The van der Waals surface area contributed by atoms with Crippen LogP contribution in [0.4, 0.5) is 5.82 Å². The number of ketones is 1. The minimum absolute atomic E-state index is 0.108. The second-order valence-electron chi connectivity index (χ2n) is 8.16. The summed E-state index contributed by atoms with van der Waals surface area (Å²) in [5, 5.41) is 8.96. The lowest BCUT2D eigenvalue weighted by atomic mass is 10.0. The first-order valence-corrected chi connectivity index (χ1v) is 10.6. The maximum atomic E-state index is 12.8. The van der Waals surface area contributed by atoms with Crippen LogP contribution < -0.4 is 5.73 Å². The number of pyridine rings is 2. The van der Waals surface area contributed by atoms with Crippen molar-refractivity contribution >= 4 is 33.4 Å². The fraction of sp³-hybridized carbons (Fsp3) is 0.154. The number of Topliss-reactive ketones (excluding diaryl/α,β-unsaturated/α-hetero) is 1. The van der Waals surface area contributed by atoms with E-state index in [0.717, 1.165) is 44.2 Å². The summed E-state index contributed by atoms with van der Waals surface area (Å²) in [6, 6.07) is 18.0. The van der Waals surface area contributed by atoms with Crippen molar-refractivity contribution in [3.63, 3.8) is 0 Å². The predicted octanol–water partition coefficient (Wildman–Crippen LogP) is 4.80. The third kappa shape index (κ3) is 4.07. The highest BCUT2D eigenvalue weighted by atomic mass is 16.1. The molecular formula is C26H23N5O. The van der Waals surface area contributed by atoms with Gasteiger partial charge in [-0.1, -0.05) is 12.1 Å². The number of carbonyl (C=O) groups is 1. The van der Waals surface area contributed by atoms with Gasteiger partial charge in [-0.3, -0.25) is 19.9 Å². The van der Waals surface area contributed by atoms with E-state index >= 15 is 0 Å². The van der Waals surface area contributed by atoms with E-state index in [1.165, 1.54) is 0 Å². The smallest absolute Gasteiger partial charge is 0.163 e. The molecule has 3 N–H and O–H groups in total. The molecule has 0 saturated carbocycles. The van der Waals surface area contributed by atoms with E-state index in [-0.39, 0.29) is 5.78 Å². The number of carbonyl (C=O) groups excluding carboxylic acids is 1. The molecule has 6 heteroatoms. The summed E-state index contributed by atoms with van der Waals surface area (Å²) in [5.74, 6) is 0.598. The summed E-state index contributed by atoms with van der Waals surface area (Å²) in [5.41, 5.74) is 12.6. The molecule has 3 heterocycles. The number of nitrogens with zero attached hydrogens (tertiary/aromatic N) is 3. The summed E-state index contributed by atoms with van der Waals surface area (Å²) in [6.07, 6.45) is 5.35. The van der Waals surface area contributed by atoms with Crippen LogP contribution in [0.5, 0.6) is 0 Å². The Balaban J connectivity index is 1.29. The van der Waals surface area contributed by atoms with Crippen LogP contribution in [0.15, 0.2) is 67.0 Å². The van der Waals surface area contributed by atoms with Crippen molar-refractivity contribution < 1.29 is 4.79 Å². The highest BCUT2D eigenvalue weighted by Gasteiger charge is 2.10. The summed E-state index contributed by atoms with van der Waals surface area (Å²) < 4.78 is 0. The first kappa shape index (κ1) is 19.9. The number of anilines is 1. The van der Waals surface area contributed by atoms with Crippen LogP contribution in [-0.2, 0) is 12.8 Å². The molecule has 158 valence electrons. The molecule has 3 aromatic heterocycles. The zero-order valence-corrected chi connectivity index (χ0v) is 17.8. The lowest BCUT2D eigenvalue weighted by Crippen LogP contribution is -2.03. The maximum Gasteiger partial charge on any atom is 0.163 e. The highest BCUT2D eigenvalue weighted by Crippen LogP contribution is 2.21. The van der Waals surface area contributed by atoms with Gasteiger partial charge in [-0.05, 0) is 72.5 Å². The molecule has 6 nitrogen and oxygen atoms in total. The number of nitrogen functional groups attached to an aromatic ring is 1. The van der Waals surface area contributed by atoms with Crippen molar-refractivity contribution in [2.75, 3.05) is 5.73 Å². The van der Waals surface area contributed by atoms with Crippen LogP contribution in [0, 0.1) is 6.92 Å². The predicted molar refractivity (Wildman–Crippen MR) is 127 cm³/mol. The molecule has 0 aliphatic carbocycles. The topological polar surface area (TPSA) is 97.5 Å². The zero-order valence-electron chi connectivity index (χ0n) is 17.8. The molecule has 0 fully saturated rings. The number of aromatic nitrogens is 4. The van der Waals surface area contributed by atoms with Crippen LogP contribution in [0.25, 0.3) is 21.8 Å². The van der Waals surface area contributed by atoms with Gasteiger partial charge in [0.2, 0.25) is 0 Å². The van der Waals surface area contributed by atoms with Gasteiger partial charge in [0.05, 0.1) is 11.0 Å². The SMILES string of the molecule is Cc1cnc2ccc(Cc3cc(C(=O)CCc4ccc5c(N)n[nH]c5c4)ccn3)cc2c1. The molecule has 0 aliphatic rings. The van der Waals surface area contributed by atoms with E-state index in [4.69, 9.17) is 5.73 Å². The van der Waals surface area contributed by atoms with Gasteiger partial charge in [0.15, 0.2) is 11.6 Å². The Morgan fingerprint density at radius 2 is 1.88 bits per heavy atom. The Hall–Kier alpha value is -4.06. The minimum atomic E-state index is 0.108. The molecule has 0 unspecified atom stereocenters. The van der Waals surface area contributed by atoms with Gasteiger partial charge in [-0.15, -0.1) is 0 Å². The molecular weight excluding hydrogens is 398 g/mol. The Morgan fingerprint density at radius 3 is 2.78 bits per heavy atom. The second kappa shape index (κ2) is 8.23. The molecule has 0 aliphatic heterocycles. The van der Waals surface area contributed by atoms with E-state index in [0.29, 0.717) is 30.6 Å². The van der Waals surface area contributed by atoms with Gasteiger partial charge in [0.25, 0.3) is 0 Å². The number of aryl methyl sites for hydroxylation is 2. The largest absolute Gasteiger partial charge is 0.382 e. The van der Waals surface area contributed by atoms with Crippen molar-refractivity contribution in [2.24, 2.45) is 0 Å². The van der Waals surface area contributed by atoms with Crippen molar-refractivity contribution in [1.82, 2.24) is 20.2 Å². The maximum absolute atomic E-state index is 12.8. The van der Waals surface area contributed by atoms with Crippen molar-refractivity contribution in [3.8, 4) is 0 Å². The van der Waals surface area contributed by atoms with Crippen molar-refractivity contribution in [1.29, 1.82) is 0 Å². The Bertz CT molecular complexity index is 1450. The number of benzene rings is 2. The molecule has 0 atom stereocenters. The molecule has 0 amide bonds. The quantitative estimate of drug-likeness (QED) is 0.384. The Labute approximate surface area is 185 Å². The highest BCUT2D eigenvalue weighted by molar-refractivity contribution is 5.96. The summed E-state index contributed by atoms with van der Waals surface area (Å²) in [7, 11) is 0. The van der Waals surface area contributed by atoms with Gasteiger partial charge < -0.3 is 5.73 Å². The van der Waals surface area contributed by atoms with Gasteiger partial charge >= 0.3 is 0 Å². The standard InChI is InChI=1S/C26H23N5O/c1-16-10-20-11-18(3-6-23(20)29-15-16)12-21-14-19(8-9-28-21)25(32)7-4-17-2-5-22-24(13-17)30-31-26(22)27/h2-3,5-6,8-11,13-15H,4,7,12H2,1H3,(H3,27,30,31). The molecule has 2 aromatic carbocycles. The Kier molecular flexibility index (Phi) is 5.11. The zero-order chi connectivity index (χ0) is 22.1. The summed E-state index contributed by atoms with van der Waals surface area (Å²) in [6.45, 7) is 2.04. The average molecular weight is 422 g/mol. The van der Waals surface area contributed by atoms with Crippen LogP contribution in [0.1, 0.15) is 39.2 Å². The third-order valence-corrected chi connectivity index (χ3v) is 5.70. The number of nitrogens with two attached hydrogens (primary N) is 1. The molecule has 0 saturated heterocycles. The second-order valence-corrected chi connectivity index (χ2v) is 8.16. The van der Waals surface area contributed by atoms with Crippen LogP contribution >= 0.6 is 0 Å². The van der Waals surface area contributed by atoms with Gasteiger partial charge in [0.1, 0.15) is 0 Å². The first-order chi connectivity index (χ1) is 15.5. The molecule has 32 heavy (non-hydrogen) atoms. The fourth-order valence-electron chi connectivity index (χ4n) is 4.00. The molecule has 0 spiro atoms. The van der Waals surface area contributed by atoms with E-state index in [9.17, 15) is 4.79 Å².